The molecule has 0 amide bonds. The Morgan fingerprint density at radius 1 is 1.40 bits per heavy atom. The predicted molar refractivity (Wildman–Crippen MR) is 73.6 cm³/mol. The van der Waals surface area contributed by atoms with Crippen molar-refractivity contribution in [3.63, 3.8) is 0 Å². The van der Waals surface area contributed by atoms with E-state index in [0.717, 1.165) is 10.4 Å². The minimum absolute atomic E-state index is 0.00929. The molecule has 112 valence electrons. The summed E-state index contributed by atoms with van der Waals surface area (Å²) in [6, 6.07) is 5.17. The van der Waals surface area contributed by atoms with Crippen molar-refractivity contribution < 1.29 is 17.5 Å². The molecule has 0 aliphatic carbocycles. The number of sulfonamides is 1. The molecule has 20 heavy (non-hydrogen) atoms. The third-order valence-electron chi connectivity index (χ3n) is 2.63. The van der Waals surface area contributed by atoms with E-state index in [4.69, 9.17) is 15.9 Å². The van der Waals surface area contributed by atoms with E-state index in [1.165, 1.54) is 25.3 Å². The van der Waals surface area contributed by atoms with Crippen molar-refractivity contribution in [1.29, 1.82) is 5.41 Å². The summed E-state index contributed by atoms with van der Waals surface area (Å²) >= 11 is 0. The summed E-state index contributed by atoms with van der Waals surface area (Å²) in [7, 11) is -2.53. The fourth-order valence-electron chi connectivity index (χ4n) is 1.58. The summed E-state index contributed by atoms with van der Waals surface area (Å²) in [5, 5.41) is 7.17. The number of amidine groups is 1. The van der Waals surface area contributed by atoms with Gasteiger partial charge in [0, 0.05) is 26.6 Å². The molecule has 0 radical (unpaired) electrons. The number of benzene rings is 1. The van der Waals surface area contributed by atoms with E-state index in [9.17, 15) is 12.8 Å². The molecule has 1 rings (SSSR count). The van der Waals surface area contributed by atoms with Crippen LogP contribution in [0.1, 0.15) is 6.42 Å². The summed E-state index contributed by atoms with van der Waals surface area (Å²) in [4.78, 5) is -0.389. The first-order valence-corrected chi connectivity index (χ1v) is 7.40. The first-order chi connectivity index (χ1) is 9.39. The Labute approximate surface area is 117 Å². The maximum absolute atomic E-state index is 13.7. The molecule has 0 unspecified atom stereocenters. The molecule has 3 N–H and O–H groups in total. The Kier molecular flexibility index (Phi) is 6.05. The smallest absolute Gasteiger partial charge is 0.246 e. The minimum Gasteiger partial charge on any atom is -0.388 e. The molecule has 1 aromatic carbocycles. The number of rotatable bonds is 8. The van der Waals surface area contributed by atoms with Crippen LogP contribution in [0.15, 0.2) is 29.2 Å². The molecule has 0 heterocycles. The summed E-state index contributed by atoms with van der Waals surface area (Å²) < 4.78 is 44.4. The lowest BCUT2D eigenvalue weighted by molar-refractivity contribution is 0.179. The van der Waals surface area contributed by atoms with Gasteiger partial charge in [0.1, 0.15) is 10.7 Å². The van der Waals surface area contributed by atoms with Crippen LogP contribution in [0.2, 0.25) is 0 Å². The highest BCUT2D eigenvalue weighted by molar-refractivity contribution is 7.89. The van der Waals surface area contributed by atoms with Crippen molar-refractivity contribution in [3.05, 3.63) is 30.1 Å². The fraction of sp³-hybridized carbons (Fsp3) is 0.417. The highest BCUT2D eigenvalue weighted by Crippen LogP contribution is 2.19. The molecule has 0 fully saturated rings. The van der Waals surface area contributed by atoms with E-state index in [2.05, 4.69) is 0 Å². The van der Waals surface area contributed by atoms with Crippen molar-refractivity contribution in [2.75, 3.05) is 26.8 Å². The minimum atomic E-state index is -3.97. The number of hydrogen-bond acceptors (Lipinski definition) is 4. The van der Waals surface area contributed by atoms with Gasteiger partial charge in [-0.25, -0.2) is 12.8 Å². The Bertz CT molecular complexity index is 563. The first kappa shape index (κ1) is 16.5. The number of nitrogens with one attached hydrogen (secondary N) is 1. The van der Waals surface area contributed by atoms with Crippen LogP contribution < -0.4 is 5.73 Å². The average molecular weight is 303 g/mol. The molecule has 0 saturated carbocycles. The number of hydrogen-bond donors (Lipinski definition) is 2. The maximum Gasteiger partial charge on any atom is 0.246 e. The van der Waals surface area contributed by atoms with E-state index in [0.29, 0.717) is 0 Å². The van der Waals surface area contributed by atoms with E-state index in [-0.39, 0.29) is 36.8 Å². The highest BCUT2D eigenvalue weighted by Gasteiger charge is 2.26. The zero-order chi connectivity index (χ0) is 15.2. The van der Waals surface area contributed by atoms with E-state index in [1.54, 1.807) is 0 Å². The van der Waals surface area contributed by atoms with Gasteiger partial charge in [0.05, 0.1) is 12.4 Å². The van der Waals surface area contributed by atoms with Gasteiger partial charge in [0.15, 0.2) is 0 Å². The Hall–Kier alpha value is -1.51. The van der Waals surface area contributed by atoms with Crippen LogP contribution in [0.25, 0.3) is 0 Å². The second-order valence-electron chi connectivity index (χ2n) is 4.10. The van der Waals surface area contributed by atoms with Crippen LogP contribution in [0, 0.1) is 11.2 Å². The topological polar surface area (TPSA) is 96.5 Å². The zero-order valence-corrected chi connectivity index (χ0v) is 12.0. The normalized spacial score (nSPS) is 11.8. The van der Waals surface area contributed by atoms with Crippen LogP contribution in [0.4, 0.5) is 4.39 Å². The molecule has 0 spiro atoms. The van der Waals surface area contributed by atoms with Gasteiger partial charge in [0.2, 0.25) is 10.0 Å². The zero-order valence-electron chi connectivity index (χ0n) is 11.2. The summed E-state index contributed by atoms with van der Waals surface area (Å²) in [5.74, 6) is -0.936. The molecular formula is C12H18FN3O3S. The maximum atomic E-state index is 13.7. The SMILES string of the molecule is COCCN(CCC(=N)N)S(=O)(=O)c1ccccc1F. The van der Waals surface area contributed by atoms with Crippen molar-refractivity contribution in [2.24, 2.45) is 5.73 Å². The van der Waals surface area contributed by atoms with Crippen LogP contribution in [-0.2, 0) is 14.8 Å². The second-order valence-corrected chi connectivity index (χ2v) is 6.01. The molecule has 0 aliphatic rings. The molecule has 0 atom stereocenters. The Balaban J connectivity index is 3.03. The lowest BCUT2D eigenvalue weighted by atomic mass is 10.3. The van der Waals surface area contributed by atoms with Crippen LogP contribution >= 0.6 is 0 Å². The quantitative estimate of drug-likeness (QED) is 0.548. The number of nitrogens with zero attached hydrogens (tertiary/aromatic N) is 1. The molecule has 6 nitrogen and oxygen atoms in total. The van der Waals surface area contributed by atoms with E-state index < -0.39 is 15.8 Å². The van der Waals surface area contributed by atoms with E-state index >= 15 is 0 Å². The predicted octanol–water partition coefficient (Wildman–Crippen LogP) is 0.789. The van der Waals surface area contributed by atoms with Gasteiger partial charge in [-0.3, -0.25) is 5.41 Å². The van der Waals surface area contributed by atoms with Gasteiger partial charge in [0.25, 0.3) is 0 Å². The summed E-state index contributed by atoms with van der Waals surface area (Å²) in [6.45, 7) is 0.251. The van der Waals surface area contributed by atoms with Crippen molar-refractivity contribution in [1.82, 2.24) is 4.31 Å². The molecule has 0 saturated heterocycles. The highest BCUT2D eigenvalue weighted by atomic mass is 32.2. The van der Waals surface area contributed by atoms with Gasteiger partial charge in [-0.1, -0.05) is 12.1 Å². The number of ether oxygens (including phenoxy) is 1. The lowest BCUT2D eigenvalue weighted by Crippen LogP contribution is -2.36. The molecule has 0 aliphatic heterocycles. The first-order valence-electron chi connectivity index (χ1n) is 5.96. The van der Waals surface area contributed by atoms with Crippen molar-refractivity contribution in [2.45, 2.75) is 11.3 Å². The third kappa shape index (κ3) is 4.26. The third-order valence-corrected chi connectivity index (χ3v) is 4.56. The van der Waals surface area contributed by atoms with Crippen molar-refractivity contribution in [3.8, 4) is 0 Å². The molecule has 1 aromatic rings. The summed E-state index contributed by atoms with van der Waals surface area (Å²) in [5.41, 5.74) is 5.24. The molecular weight excluding hydrogens is 285 g/mol. The van der Waals surface area contributed by atoms with Crippen LogP contribution in [0.5, 0.6) is 0 Å². The largest absolute Gasteiger partial charge is 0.388 e. The Morgan fingerprint density at radius 3 is 2.60 bits per heavy atom. The van der Waals surface area contributed by atoms with Gasteiger partial charge >= 0.3 is 0 Å². The monoisotopic (exact) mass is 303 g/mol. The number of nitrogens with two attached hydrogens (primary N) is 1. The Morgan fingerprint density at radius 2 is 2.05 bits per heavy atom. The number of halogens is 1. The molecule has 8 heteroatoms. The van der Waals surface area contributed by atoms with Crippen LogP contribution in [0.3, 0.4) is 0 Å². The van der Waals surface area contributed by atoms with Crippen molar-refractivity contribution >= 4 is 15.9 Å². The molecule has 0 bridgehead atoms. The van der Waals surface area contributed by atoms with E-state index in [1.807, 2.05) is 0 Å². The standard InChI is InChI=1S/C12H18FN3O3S/c1-19-9-8-16(7-6-12(14)15)20(17,18)11-5-3-2-4-10(11)13/h2-5H,6-9H2,1H3,(H3,14,15). The van der Waals surface area contributed by atoms with Gasteiger partial charge in [-0.2, -0.15) is 4.31 Å². The second kappa shape index (κ2) is 7.32. The van der Waals surface area contributed by atoms with Gasteiger partial charge in [-0.05, 0) is 12.1 Å². The fourth-order valence-corrected chi connectivity index (χ4v) is 3.07. The lowest BCUT2D eigenvalue weighted by Gasteiger charge is -2.21. The molecule has 0 aromatic heterocycles. The van der Waals surface area contributed by atoms with Gasteiger partial charge in [-0.15, -0.1) is 0 Å². The average Bonchev–Trinajstić information content (AvgIpc) is 2.38. The summed E-state index contributed by atoms with van der Waals surface area (Å²) in [6.07, 6.45) is 0.0808. The number of methoxy groups -OCH3 is 1. The van der Waals surface area contributed by atoms with Crippen LogP contribution in [-0.4, -0.2) is 45.4 Å². The van der Waals surface area contributed by atoms with Gasteiger partial charge < -0.3 is 10.5 Å².